The molecule has 21 heavy (non-hydrogen) atoms. The number of carboxylic acid groups (broad SMARTS) is 1. The number of piperidine rings is 1. The summed E-state index contributed by atoms with van der Waals surface area (Å²) >= 11 is 3.41. The Labute approximate surface area is 132 Å². The molecule has 2 amide bonds. The van der Waals surface area contributed by atoms with Gasteiger partial charge >= 0.3 is 12.0 Å². The number of amides is 2. The maximum Gasteiger partial charge on any atom is 0.322 e. The summed E-state index contributed by atoms with van der Waals surface area (Å²) in [6.45, 7) is 2.56. The summed E-state index contributed by atoms with van der Waals surface area (Å²) in [4.78, 5) is 25.0. The Hall–Kier alpha value is -1.56. The molecule has 2 rings (SSSR count). The summed E-state index contributed by atoms with van der Waals surface area (Å²) in [6.07, 6.45) is 2.63. The third-order valence-corrected chi connectivity index (χ3v) is 4.35. The van der Waals surface area contributed by atoms with Gasteiger partial charge in [0, 0.05) is 17.1 Å². The van der Waals surface area contributed by atoms with Crippen molar-refractivity contribution >= 4 is 33.6 Å². The maximum atomic E-state index is 12.4. The number of nitrogens with one attached hydrogen (secondary N) is 1. The van der Waals surface area contributed by atoms with Crippen molar-refractivity contribution in [2.45, 2.75) is 38.6 Å². The minimum atomic E-state index is -0.864. The quantitative estimate of drug-likeness (QED) is 0.870. The second kappa shape index (κ2) is 6.93. The maximum absolute atomic E-state index is 12.4. The van der Waals surface area contributed by atoms with Gasteiger partial charge in [-0.15, -0.1) is 0 Å². The molecule has 1 aromatic rings. The first-order valence-electron chi connectivity index (χ1n) is 7.03. The summed E-state index contributed by atoms with van der Waals surface area (Å²) < 4.78 is 0.813. The van der Waals surface area contributed by atoms with E-state index in [1.165, 1.54) is 0 Å². The van der Waals surface area contributed by atoms with Gasteiger partial charge in [0.25, 0.3) is 0 Å². The molecule has 0 aliphatic carbocycles. The molecule has 1 aliphatic rings. The zero-order valence-corrected chi connectivity index (χ0v) is 13.5. The van der Waals surface area contributed by atoms with E-state index in [2.05, 4.69) is 21.2 Å². The number of hydrogen-bond acceptors (Lipinski definition) is 2. The van der Waals surface area contributed by atoms with Crippen LogP contribution >= 0.6 is 15.9 Å². The topological polar surface area (TPSA) is 69.6 Å². The van der Waals surface area contributed by atoms with Gasteiger partial charge in [0.05, 0.1) is 12.1 Å². The van der Waals surface area contributed by atoms with Crippen LogP contribution in [0.15, 0.2) is 22.7 Å². The SMILES string of the molecule is Cc1ccc(Br)c(NC(=O)N2CCCCC2CC(=O)O)c1. The van der Waals surface area contributed by atoms with Gasteiger partial charge in [-0.1, -0.05) is 6.07 Å². The van der Waals surface area contributed by atoms with Crippen molar-refractivity contribution in [3.05, 3.63) is 28.2 Å². The fraction of sp³-hybridized carbons (Fsp3) is 0.467. The van der Waals surface area contributed by atoms with Crippen LogP contribution in [-0.2, 0) is 4.79 Å². The Balaban J connectivity index is 2.10. The number of rotatable bonds is 3. The first-order valence-corrected chi connectivity index (χ1v) is 7.82. The van der Waals surface area contributed by atoms with Gasteiger partial charge in [-0.25, -0.2) is 4.79 Å². The third-order valence-electron chi connectivity index (χ3n) is 3.66. The van der Waals surface area contributed by atoms with E-state index in [-0.39, 0.29) is 18.5 Å². The predicted octanol–water partition coefficient (Wildman–Crippen LogP) is 3.62. The summed E-state index contributed by atoms with van der Waals surface area (Å²) in [7, 11) is 0. The number of carbonyl (C=O) groups excluding carboxylic acids is 1. The van der Waals surface area contributed by atoms with Gasteiger partial charge < -0.3 is 15.3 Å². The van der Waals surface area contributed by atoms with E-state index in [1.807, 2.05) is 25.1 Å². The van der Waals surface area contributed by atoms with E-state index in [4.69, 9.17) is 5.11 Å². The van der Waals surface area contributed by atoms with E-state index in [0.29, 0.717) is 12.2 Å². The van der Waals surface area contributed by atoms with Crippen LogP contribution in [0.1, 0.15) is 31.2 Å². The second-order valence-electron chi connectivity index (χ2n) is 5.35. The minimum absolute atomic E-state index is 0.00239. The summed E-state index contributed by atoms with van der Waals surface area (Å²) in [6, 6.07) is 5.27. The normalized spacial score (nSPS) is 18.4. The Bertz CT molecular complexity index is 548. The molecule has 0 aromatic heterocycles. The lowest BCUT2D eigenvalue weighted by atomic mass is 10.00. The number of aryl methyl sites for hydroxylation is 1. The summed E-state index contributed by atoms with van der Waals surface area (Å²) in [5.74, 6) is -0.864. The molecule has 1 fully saturated rings. The van der Waals surface area contributed by atoms with Crippen molar-refractivity contribution in [2.24, 2.45) is 0 Å². The molecule has 5 nitrogen and oxygen atoms in total. The number of benzene rings is 1. The lowest BCUT2D eigenvalue weighted by Gasteiger charge is -2.35. The smallest absolute Gasteiger partial charge is 0.322 e. The average molecular weight is 355 g/mol. The molecule has 1 saturated heterocycles. The van der Waals surface area contributed by atoms with Crippen LogP contribution in [-0.4, -0.2) is 34.6 Å². The van der Waals surface area contributed by atoms with Crippen LogP contribution in [0.2, 0.25) is 0 Å². The fourth-order valence-corrected chi connectivity index (χ4v) is 2.95. The fourth-order valence-electron chi connectivity index (χ4n) is 2.60. The molecule has 1 unspecified atom stereocenters. The number of urea groups is 1. The van der Waals surface area contributed by atoms with Gasteiger partial charge in [-0.3, -0.25) is 4.79 Å². The van der Waals surface area contributed by atoms with Gasteiger partial charge in [0.1, 0.15) is 0 Å². The lowest BCUT2D eigenvalue weighted by Crippen LogP contribution is -2.46. The van der Waals surface area contributed by atoms with Crippen molar-refractivity contribution in [3.63, 3.8) is 0 Å². The second-order valence-corrected chi connectivity index (χ2v) is 6.21. The van der Waals surface area contributed by atoms with Gasteiger partial charge in [0.2, 0.25) is 0 Å². The first kappa shape index (κ1) is 15.8. The van der Waals surface area contributed by atoms with Crippen molar-refractivity contribution in [1.29, 1.82) is 0 Å². The molecule has 1 aliphatic heterocycles. The molecule has 0 spiro atoms. The molecule has 0 bridgehead atoms. The molecular formula is C15H19BrN2O3. The number of nitrogens with zero attached hydrogens (tertiary/aromatic N) is 1. The highest BCUT2D eigenvalue weighted by atomic mass is 79.9. The molecule has 114 valence electrons. The van der Waals surface area contributed by atoms with E-state index in [9.17, 15) is 9.59 Å². The average Bonchev–Trinajstić information content (AvgIpc) is 2.42. The summed E-state index contributed by atoms with van der Waals surface area (Å²) in [5.41, 5.74) is 1.76. The minimum Gasteiger partial charge on any atom is -0.481 e. The number of anilines is 1. The number of carbonyl (C=O) groups is 2. The predicted molar refractivity (Wildman–Crippen MR) is 84.5 cm³/mol. The van der Waals surface area contributed by atoms with E-state index < -0.39 is 5.97 Å². The van der Waals surface area contributed by atoms with Gasteiger partial charge in [0.15, 0.2) is 0 Å². The molecule has 6 heteroatoms. The van der Waals surface area contributed by atoms with Crippen LogP contribution in [0.4, 0.5) is 10.5 Å². The molecule has 1 atom stereocenters. The van der Waals surface area contributed by atoms with Crippen LogP contribution < -0.4 is 5.32 Å². The van der Waals surface area contributed by atoms with Crippen molar-refractivity contribution in [1.82, 2.24) is 4.90 Å². The zero-order chi connectivity index (χ0) is 15.4. The molecule has 2 N–H and O–H groups in total. The highest BCUT2D eigenvalue weighted by Crippen LogP contribution is 2.25. The van der Waals surface area contributed by atoms with E-state index in [0.717, 1.165) is 29.3 Å². The standard InChI is InChI=1S/C15H19BrN2O3/c1-10-5-6-12(16)13(8-10)17-15(21)18-7-3-2-4-11(18)9-14(19)20/h5-6,8,11H,2-4,7,9H2,1H3,(H,17,21)(H,19,20). The lowest BCUT2D eigenvalue weighted by molar-refractivity contribution is -0.138. The van der Waals surface area contributed by atoms with Crippen LogP contribution in [0.25, 0.3) is 0 Å². The molecule has 1 heterocycles. The number of hydrogen-bond donors (Lipinski definition) is 2. The van der Waals surface area contributed by atoms with Crippen molar-refractivity contribution < 1.29 is 14.7 Å². The van der Waals surface area contributed by atoms with Gasteiger partial charge in [-0.05, 0) is 59.8 Å². The largest absolute Gasteiger partial charge is 0.481 e. The Morgan fingerprint density at radius 2 is 2.19 bits per heavy atom. The number of likely N-dealkylation sites (tertiary alicyclic amines) is 1. The number of aliphatic carboxylic acids is 1. The first-order chi connectivity index (χ1) is 9.97. The molecule has 0 saturated carbocycles. The van der Waals surface area contributed by atoms with E-state index in [1.54, 1.807) is 4.90 Å². The molecular weight excluding hydrogens is 336 g/mol. The number of halogens is 1. The highest BCUT2D eigenvalue weighted by molar-refractivity contribution is 9.10. The van der Waals surface area contributed by atoms with Crippen molar-refractivity contribution in [3.8, 4) is 0 Å². The Morgan fingerprint density at radius 1 is 1.43 bits per heavy atom. The van der Waals surface area contributed by atoms with Crippen LogP contribution in [0.3, 0.4) is 0 Å². The van der Waals surface area contributed by atoms with Crippen LogP contribution in [0.5, 0.6) is 0 Å². The third kappa shape index (κ3) is 4.20. The zero-order valence-electron chi connectivity index (χ0n) is 11.9. The monoisotopic (exact) mass is 354 g/mol. The Morgan fingerprint density at radius 3 is 2.90 bits per heavy atom. The Kier molecular flexibility index (Phi) is 5.22. The summed E-state index contributed by atoms with van der Waals surface area (Å²) in [5, 5.41) is 11.8. The number of carboxylic acids is 1. The highest BCUT2D eigenvalue weighted by Gasteiger charge is 2.28. The van der Waals surface area contributed by atoms with Crippen LogP contribution in [0, 0.1) is 6.92 Å². The van der Waals surface area contributed by atoms with E-state index >= 15 is 0 Å². The molecule has 0 radical (unpaired) electrons. The van der Waals surface area contributed by atoms with Gasteiger partial charge in [-0.2, -0.15) is 0 Å². The molecule has 1 aromatic carbocycles. The van der Waals surface area contributed by atoms with Crippen molar-refractivity contribution in [2.75, 3.05) is 11.9 Å².